The zero-order valence-electron chi connectivity index (χ0n) is 11.9. The molecule has 5 unspecified atom stereocenters. The fraction of sp³-hybridized carbons (Fsp3) is 0.600. The number of aromatic nitrogens is 2. The molecule has 3 heterocycles. The van der Waals surface area contributed by atoms with Crippen molar-refractivity contribution in [1.29, 1.82) is 0 Å². The highest BCUT2D eigenvalue weighted by molar-refractivity contribution is 7.46. The van der Waals surface area contributed by atoms with Crippen LogP contribution in [0, 0.1) is 0 Å². The monoisotopic (exact) mass is 383 g/mol. The van der Waals surface area contributed by atoms with Crippen LogP contribution < -0.4 is 11.1 Å². The van der Waals surface area contributed by atoms with E-state index in [1.54, 1.807) is 0 Å². The van der Waals surface area contributed by atoms with Crippen LogP contribution in [0.1, 0.15) is 17.4 Å². The molecule has 1 fully saturated rings. The normalized spacial score (nSPS) is 33.0. The van der Waals surface area contributed by atoms with Crippen LogP contribution in [-0.4, -0.2) is 60.4 Å². The first-order chi connectivity index (χ1) is 11.2. The van der Waals surface area contributed by atoms with Gasteiger partial charge >= 0.3 is 7.82 Å². The van der Waals surface area contributed by atoms with Gasteiger partial charge in [0.25, 0.3) is 0 Å². The minimum atomic E-state index is -4.73. The number of aliphatic hydroxyl groups excluding tert-OH is 2. The van der Waals surface area contributed by atoms with Gasteiger partial charge in [0.15, 0.2) is 17.7 Å². The zero-order chi connectivity index (χ0) is 17.6. The molecule has 134 valence electrons. The largest absolute Gasteiger partial charge is 0.469 e. The molecule has 3 rings (SSSR count). The molecule has 0 amide bonds. The van der Waals surface area contributed by atoms with Crippen molar-refractivity contribution in [3.63, 3.8) is 0 Å². The number of nitrogens with zero attached hydrogens (tertiary/aromatic N) is 3. The number of ether oxygens (including phenoxy) is 1. The number of hydrogen-bond acceptors (Lipinski definition) is 9. The van der Waals surface area contributed by atoms with E-state index in [0.29, 0.717) is 11.5 Å². The molecule has 7 N–H and O–H groups in total. The third-order valence-electron chi connectivity index (χ3n) is 3.56. The number of aliphatic imine (C=N–C) groups is 1. The van der Waals surface area contributed by atoms with Gasteiger partial charge in [0.2, 0.25) is 0 Å². The Hall–Kier alpha value is -1.24. The fourth-order valence-electron chi connectivity index (χ4n) is 2.48. The molecule has 0 bridgehead atoms. The highest BCUT2D eigenvalue weighted by Crippen LogP contribution is 2.40. The number of fused-ring (bicyclic) bond motifs is 1. The molecule has 0 spiro atoms. The Kier molecular flexibility index (Phi) is 4.57. The highest BCUT2D eigenvalue weighted by Gasteiger charge is 2.45. The summed E-state index contributed by atoms with van der Waals surface area (Å²) in [5, 5.41) is 22.9. The molecular weight excluding hydrogens is 369 g/mol. The number of hydrogen-bond donors (Lipinski definition) is 6. The van der Waals surface area contributed by atoms with Gasteiger partial charge < -0.3 is 35.8 Å². The first-order valence-corrected chi connectivity index (χ1v) is 8.67. The van der Waals surface area contributed by atoms with E-state index in [1.165, 1.54) is 10.9 Å². The molecule has 12 nitrogen and oxygen atoms in total. The topological polar surface area (TPSA) is 185 Å². The van der Waals surface area contributed by atoms with Crippen molar-refractivity contribution in [2.24, 2.45) is 10.7 Å². The number of rotatable bonds is 4. The van der Waals surface area contributed by atoms with Gasteiger partial charge in [-0.25, -0.2) is 14.5 Å². The fourth-order valence-corrected chi connectivity index (χ4v) is 3.08. The molecule has 0 aromatic carbocycles. The lowest BCUT2D eigenvalue weighted by Gasteiger charge is -2.22. The number of phosphoric acid groups is 1. The van der Waals surface area contributed by atoms with Gasteiger partial charge in [-0.1, -0.05) is 11.6 Å². The van der Waals surface area contributed by atoms with Crippen LogP contribution in [0.4, 0.5) is 5.82 Å². The van der Waals surface area contributed by atoms with Crippen molar-refractivity contribution in [1.82, 2.24) is 9.55 Å². The van der Waals surface area contributed by atoms with E-state index < -0.39 is 44.5 Å². The summed E-state index contributed by atoms with van der Waals surface area (Å²) in [5.41, 5.74) is 5.14. The number of anilines is 1. The zero-order valence-corrected chi connectivity index (χ0v) is 13.6. The summed E-state index contributed by atoms with van der Waals surface area (Å²) >= 11 is 6.01. The van der Waals surface area contributed by atoms with E-state index in [1.807, 2.05) is 0 Å². The molecule has 24 heavy (non-hydrogen) atoms. The number of aliphatic hydroxyl groups is 2. The lowest BCUT2D eigenvalue weighted by molar-refractivity contribution is -0.0511. The van der Waals surface area contributed by atoms with Crippen LogP contribution in [0.2, 0.25) is 0 Å². The SMILES string of the molecule is NC1=NC(Cl)c2ncn(C3OC(COP(=O)(O)O)C(O)C3O)c2N1. The summed E-state index contributed by atoms with van der Waals surface area (Å²) in [6, 6.07) is 0. The van der Waals surface area contributed by atoms with Crippen LogP contribution in [0.5, 0.6) is 0 Å². The molecule has 0 radical (unpaired) electrons. The van der Waals surface area contributed by atoms with Gasteiger partial charge in [-0.15, -0.1) is 0 Å². The van der Waals surface area contributed by atoms with Crippen molar-refractivity contribution in [2.75, 3.05) is 11.9 Å². The summed E-state index contributed by atoms with van der Waals surface area (Å²) in [7, 11) is -4.73. The van der Waals surface area contributed by atoms with Crippen LogP contribution >= 0.6 is 19.4 Å². The minimum absolute atomic E-state index is 0.0404. The van der Waals surface area contributed by atoms with E-state index in [0.717, 1.165) is 0 Å². The Labute approximate surface area is 140 Å². The minimum Gasteiger partial charge on any atom is -0.387 e. The predicted molar refractivity (Wildman–Crippen MR) is 80.0 cm³/mol. The average Bonchev–Trinajstić information content (AvgIpc) is 3.00. The molecule has 2 aliphatic heterocycles. The van der Waals surface area contributed by atoms with E-state index in [9.17, 15) is 14.8 Å². The second-order valence-electron chi connectivity index (χ2n) is 5.19. The van der Waals surface area contributed by atoms with E-state index in [-0.39, 0.29) is 5.96 Å². The number of phosphoric ester groups is 1. The Morgan fingerprint density at radius 2 is 2.17 bits per heavy atom. The first-order valence-electron chi connectivity index (χ1n) is 6.70. The molecule has 0 aliphatic carbocycles. The van der Waals surface area contributed by atoms with Crippen molar-refractivity contribution < 1.29 is 33.8 Å². The molecule has 2 aliphatic rings. The van der Waals surface area contributed by atoms with Gasteiger partial charge in [0, 0.05) is 0 Å². The highest BCUT2D eigenvalue weighted by atomic mass is 35.5. The van der Waals surface area contributed by atoms with Crippen molar-refractivity contribution in [3.05, 3.63) is 12.0 Å². The summed E-state index contributed by atoms with van der Waals surface area (Å²) in [6.45, 7) is -0.606. The lowest BCUT2D eigenvalue weighted by Crippen LogP contribution is -2.34. The molecule has 14 heteroatoms. The first kappa shape index (κ1) is 17.6. The van der Waals surface area contributed by atoms with Crippen molar-refractivity contribution in [3.8, 4) is 0 Å². The number of guanidine groups is 1. The predicted octanol–water partition coefficient (Wildman–Crippen LogP) is -1.41. The van der Waals surface area contributed by atoms with Crippen LogP contribution in [0.25, 0.3) is 0 Å². The van der Waals surface area contributed by atoms with Crippen molar-refractivity contribution in [2.45, 2.75) is 30.0 Å². The third kappa shape index (κ3) is 3.27. The second-order valence-corrected chi connectivity index (χ2v) is 6.85. The smallest absolute Gasteiger partial charge is 0.387 e. The molecule has 1 aromatic heterocycles. The van der Waals surface area contributed by atoms with E-state index >= 15 is 0 Å². The van der Waals surface area contributed by atoms with Crippen LogP contribution in [0.15, 0.2) is 11.3 Å². The van der Waals surface area contributed by atoms with Gasteiger partial charge in [-0.2, -0.15) is 0 Å². The van der Waals surface area contributed by atoms with Gasteiger partial charge in [0.1, 0.15) is 29.8 Å². The maximum Gasteiger partial charge on any atom is 0.469 e. The van der Waals surface area contributed by atoms with E-state index in [4.69, 9.17) is 31.9 Å². The molecule has 1 saturated heterocycles. The summed E-state index contributed by atoms with van der Waals surface area (Å²) in [6.07, 6.45) is -3.76. The number of nitrogens with two attached hydrogens (primary N) is 1. The number of imidazole rings is 1. The summed E-state index contributed by atoms with van der Waals surface area (Å²) in [4.78, 5) is 25.4. The molecule has 0 saturated carbocycles. The number of nitrogens with one attached hydrogen (secondary N) is 1. The number of alkyl halides is 1. The lowest BCUT2D eigenvalue weighted by atomic mass is 10.1. The average molecular weight is 384 g/mol. The number of halogens is 1. The van der Waals surface area contributed by atoms with Gasteiger partial charge in [-0.3, -0.25) is 9.09 Å². The van der Waals surface area contributed by atoms with Gasteiger partial charge in [0.05, 0.1) is 12.9 Å². The summed E-state index contributed by atoms with van der Waals surface area (Å²) < 4.78 is 21.9. The van der Waals surface area contributed by atoms with Crippen LogP contribution in [0.3, 0.4) is 0 Å². The van der Waals surface area contributed by atoms with Crippen LogP contribution in [-0.2, 0) is 13.8 Å². The Bertz CT molecular complexity index is 708. The quantitative estimate of drug-likeness (QED) is 0.205. The Morgan fingerprint density at radius 3 is 2.83 bits per heavy atom. The molecular formula is C10H15ClN5O7P. The van der Waals surface area contributed by atoms with E-state index in [2.05, 4.69) is 19.8 Å². The van der Waals surface area contributed by atoms with Crippen molar-refractivity contribution >= 4 is 31.2 Å². The Balaban J connectivity index is 1.80. The molecule has 5 atom stereocenters. The summed E-state index contributed by atoms with van der Waals surface area (Å²) in [5.74, 6) is 0.369. The molecule has 1 aromatic rings. The van der Waals surface area contributed by atoms with Gasteiger partial charge in [-0.05, 0) is 0 Å². The maximum absolute atomic E-state index is 10.8. The standard InChI is InChI=1S/C10H15ClN5O7P/c11-7-4-8(15-10(12)14-7)16(2-13-4)9-6(18)5(17)3(23-9)1-22-24(19,20)21/h2-3,5-7,9,17-18H,1H2,(H3,12,14,15)(H2,19,20,21). The third-order valence-corrected chi connectivity index (χ3v) is 4.35. The maximum atomic E-state index is 10.8. The Morgan fingerprint density at radius 1 is 1.46 bits per heavy atom. The second kappa shape index (κ2) is 6.24.